The monoisotopic (exact) mass is 343 g/mol. The Morgan fingerprint density at radius 3 is 2.62 bits per heavy atom. The molecule has 1 aromatic heterocycles. The number of benzene rings is 3. The molecule has 0 aliphatic carbocycles. The van der Waals surface area contributed by atoms with Crippen molar-refractivity contribution in [3.05, 3.63) is 84.2 Å². The van der Waals surface area contributed by atoms with Gasteiger partial charge in [0.15, 0.2) is 0 Å². The molecular formula is C22H21N3O. The fourth-order valence-corrected chi connectivity index (χ4v) is 3.08. The lowest BCUT2D eigenvalue weighted by Crippen LogP contribution is -2.01. The molecule has 1 N–H and O–H groups in total. The smallest absolute Gasteiger partial charge is 0.123 e. The van der Waals surface area contributed by atoms with Gasteiger partial charge in [-0.05, 0) is 43.3 Å². The number of aryl methyl sites for hydroxylation is 1. The molecule has 3 aromatic carbocycles. The number of imidazole rings is 1. The zero-order valence-corrected chi connectivity index (χ0v) is 14.9. The Balaban J connectivity index is 1.58. The third kappa shape index (κ3) is 3.14. The Morgan fingerprint density at radius 1 is 1.00 bits per heavy atom. The Bertz CT molecular complexity index is 1030. The summed E-state index contributed by atoms with van der Waals surface area (Å²) in [7, 11) is 1.70. The van der Waals surface area contributed by atoms with Gasteiger partial charge in [0, 0.05) is 23.5 Å². The van der Waals surface area contributed by atoms with Gasteiger partial charge < -0.3 is 10.1 Å². The van der Waals surface area contributed by atoms with Crippen molar-refractivity contribution < 1.29 is 4.74 Å². The highest BCUT2D eigenvalue weighted by molar-refractivity contribution is 5.81. The summed E-state index contributed by atoms with van der Waals surface area (Å²) in [5.74, 6) is 0.893. The minimum absolute atomic E-state index is 0.703. The van der Waals surface area contributed by atoms with Gasteiger partial charge in [0.25, 0.3) is 0 Å². The molecule has 4 heteroatoms. The van der Waals surface area contributed by atoms with Gasteiger partial charge in [-0.3, -0.25) is 4.57 Å². The maximum Gasteiger partial charge on any atom is 0.123 e. The number of nitrogens with zero attached hydrogens (tertiary/aromatic N) is 2. The summed E-state index contributed by atoms with van der Waals surface area (Å²) >= 11 is 0. The molecule has 1 heterocycles. The first-order chi connectivity index (χ1) is 12.7. The molecule has 0 aliphatic rings. The zero-order chi connectivity index (χ0) is 17.9. The maximum absolute atomic E-state index is 5.41. The first-order valence-corrected chi connectivity index (χ1v) is 8.64. The Kier molecular flexibility index (Phi) is 4.32. The molecule has 4 aromatic rings. The van der Waals surface area contributed by atoms with Crippen molar-refractivity contribution in [2.75, 3.05) is 12.4 Å². The first kappa shape index (κ1) is 16.2. The van der Waals surface area contributed by atoms with Crippen molar-refractivity contribution in [1.82, 2.24) is 9.55 Å². The summed E-state index contributed by atoms with van der Waals surface area (Å²) in [6.45, 7) is 2.80. The van der Waals surface area contributed by atoms with Gasteiger partial charge in [0.05, 0.1) is 18.1 Å². The molecule has 26 heavy (non-hydrogen) atoms. The van der Waals surface area contributed by atoms with Gasteiger partial charge in [-0.1, -0.05) is 35.9 Å². The molecule has 0 radical (unpaired) electrons. The van der Waals surface area contributed by atoms with Crippen LogP contribution in [0.4, 0.5) is 5.69 Å². The fourth-order valence-electron chi connectivity index (χ4n) is 3.08. The average molecular weight is 343 g/mol. The molecule has 0 amide bonds. The minimum Gasteiger partial charge on any atom is -0.496 e. The number of hydrogen-bond acceptors (Lipinski definition) is 3. The van der Waals surface area contributed by atoms with Crippen molar-refractivity contribution in [3.8, 4) is 11.4 Å². The minimum atomic E-state index is 0.703. The topological polar surface area (TPSA) is 39.1 Å². The highest BCUT2D eigenvalue weighted by Crippen LogP contribution is 2.23. The van der Waals surface area contributed by atoms with Gasteiger partial charge in [-0.2, -0.15) is 0 Å². The van der Waals surface area contributed by atoms with Crippen LogP contribution >= 0.6 is 0 Å². The molecular weight excluding hydrogens is 322 g/mol. The third-order valence-electron chi connectivity index (χ3n) is 4.53. The molecule has 0 unspecified atom stereocenters. The predicted octanol–water partition coefficient (Wildman–Crippen LogP) is 4.95. The van der Waals surface area contributed by atoms with Gasteiger partial charge in [-0.25, -0.2) is 4.98 Å². The summed E-state index contributed by atoms with van der Waals surface area (Å²) in [4.78, 5) is 4.57. The highest BCUT2D eigenvalue weighted by Gasteiger charge is 2.06. The molecule has 4 rings (SSSR count). The quantitative estimate of drug-likeness (QED) is 0.557. The van der Waals surface area contributed by atoms with E-state index < -0.39 is 0 Å². The SMILES string of the molecule is COc1ccccc1CNc1ccc2c(c1)ncn2-c1ccc(C)cc1. The van der Waals surface area contributed by atoms with Crippen LogP contribution in [0.25, 0.3) is 16.7 Å². The van der Waals surface area contributed by atoms with E-state index in [0.717, 1.165) is 33.7 Å². The van der Waals surface area contributed by atoms with E-state index in [1.807, 2.05) is 24.5 Å². The third-order valence-corrected chi connectivity index (χ3v) is 4.53. The van der Waals surface area contributed by atoms with E-state index in [0.29, 0.717) is 6.54 Å². The Labute approximate surface area is 153 Å². The number of anilines is 1. The molecule has 0 fully saturated rings. The number of hydrogen-bond donors (Lipinski definition) is 1. The van der Waals surface area contributed by atoms with E-state index in [1.165, 1.54) is 5.56 Å². The molecule has 0 atom stereocenters. The number of para-hydroxylation sites is 1. The predicted molar refractivity (Wildman–Crippen MR) is 106 cm³/mol. The lowest BCUT2D eigenvalue weighted by molar-refractivity contribution is 0.410. The second-order valence-corrected chi connectivity index (χ2v) is 6.32. The Morgan fingerprint density at radius 2 is 1.81 bits per heavy atom. The molecule has 130 valence electrons. The van der Waals surface area contributed by atoms with Gasteiger partial charge in [-0.15, -0.1) is 0 Å². The van der Waals surface area contributed by atoms with Gasteiger partial charge >= 0.3 is 0 Å². The van der Waals surface area contributed by atoms with Crippen LogP contribution < -0.4 is 10.1 Å². The van der Waals surface area contributed by atoms with Crippen LogP contribution in [0.5, 0.6) is 5.75 Å². The van der Waals surface area contributed by atoms with E-state index in [1.54, 1.807) is 7.11 Å². The summed E-state index contributed by atoms with van der Waals surface area (Å²) in [5, 5.41) is 3.46. The van der Waals surface area contributed by atoms with E-state index in [9.17, 15) is 0 Å². The van der Waals surface area contributed by atoms with Crippen molar-refractivity contribution >= 4 is 16.7 Å². The van der Waals surface area contributed by atoms with Crippen LogP contribution in [0.3, 0.4) is 0 Å². The molecule has 0 saturated heterocycles. The van der Waals surface area contributed by atoms with Crippen molar-refractivity contribution in [2.24, 2.45) is 0 Å². The summed E-state index contributed by atoms with van der Waals surface area (Å²) < 4.78 is 7.52. The van der Waals surface area contributed by atoms with E-state index in [4.69, 9.17) is 4.74 Å². The fraction of sp³-hybridized carbons (Fsp3) is 0.136. The summed E-state index contributed by atoms with van der Waals surface area (Å²) in [6.07, 6.45) is 1.87. The van der Waals surface area contributed by atoms with Crippen LogP contribution in [0.15, 0.2) is 73.1 Å². The van der Waals surface area contributed by atoms with E-state index in [-0.39, 0.29) is 0 Å². The van der Waals surface area contributed by atoms with Crippen molar-refractivity contribution in [1.29, 1.82) is 0 Å². The van der Waals surface area contributed by atoms with Crippen molar-refractivity contribution in [3.63, 3.8) is 0 Å². The average Bonchev–Trinajstić information content (AvgIpc) is 3.10. The van der Waals surface area contributed by atoms with Crippen LogP contribution in [-0.2, 0) is 6.54 Å². The largest absolute Gasteiger partial charge is 0.496 e. The first-order valence-electron chi connectivity index (χ1n) is 8.64. The van der Waals surface area contributed by atoms with Gasteiger partial charge in [0.2, 0.25) is 0 Å². The number of rotatable bonds is 5. The summed E-state index contributed by atoms with van der Waals surface area (Å²) in [6, 6.07) is 22.8. The lowest BCUT2D eigenvalue weighted by atomic mass is 10.2. The molecule has 0 aliphatic heterocycles. The van der Waals surface area contributed by atoms with E-state index in [2.05, 4.69) is 70.3 Å². The highest BCUT2D eigenvalue weighted by atomic mass is 16.5. The number of fused-ring (bicyclic) bond motifs is 1. The summed E-state index contributed by atoms with van der Waals surface area (Å²) in [5.41, 5.74) is 6.60. The number of ether oxygens (including phenoxy) is 1. The maximum atomic E-state index is 5.41. The molecule has 0 spiro atoms. The van der Waals surface area contributed by atoms with Crippen LogP contribution in [0, 0.1) is 6.92 Å². The molecule has 0 bridgehead atoms. The molecule has 0 saturated carbocycles. The van der Waals surface area contributed by atoms with Crippen LogP contribution in [0.1, 0.15) is 11.1 Å². The standard InChI is InChI=1S/C22H21N3O/c1-16-7-10-19(11-8-16)25-15-24-20-13-18(9-12-21(20)25)23-14-17-5-3-4-6-22(17)26-2/h3-13,15,23H,14H2,1-2H3. The normalized spacial score (nSPS) is 10.8. The second-order valence-electron chi connectivity index (χ2n) is 6.32. The van der Waals surface area contributed by atoms with Gasteiger partial charge in [0.1, 0.15) is 12.1 Å². The van der Waals surface area contributed by atoms with Crippen LogP contribution in [-0.4, -0.2) is 16.7 Å². The second kappa shape index (κ2) is 6.92. The van der Waals surface area contributed by atoms with Crippen molar-refractivity contribution in [2.45, 2.75) is 13.5 Å². The van der Waals surface area contributed by atoms with E-state index >= 15 is 0 Å². The number of nitrogens with one attached hydrogen (secondary N) is 1. The van der Waals surface area contributed by atoms with Crippen LogP contribution in [0.2, 0.25) is 0 Å². The Hall–Kier alpha value is -3.27. The zero-order valence-electron chi connectivity index (χ0n) is 14.9. The number of methoxy groups -OCH3 is 1. The number of aromatic nitrogens is 2. The lowest BCUT2D eigenvalue weighted by Gasteiger charge is -2.11. The molecule has 4 nitrogen and oxygen atoms in total.